The van der Waals surface area contributed by atoms with E-state index in [0.717, 1.165) is 25.2 Å². The zero-order chi connectivity index (χ0) is 19.7. The molecule has 0 amide bonds. The maximum Gasteiger partial charge on any atom is 0.161 e. The summed E-state index contributed by atoms with van der Waals surface area (Å²) in [6.07, 6.45) is 3.20. The van der Waals surface area contributed by atoms with E-state index in [2.05, 4.69) is 10.2 Å². The number of β-amino-alcohol motifs (C(OH)–C–C–N with tert-alkyl or cyclic N) is 1. The van der Waals surface area contributed by atoms with Crippen molar-refractivity contribution in [3.05, 3.63) is 23.8 Å². The van der Waals surface area contributed by atoms with Crippen molar-refractivity contribution in [2.24, 2.45) is 5.41 Å². The molecule has 1 unspecified atom stereocenters. The Morgan fingerprint density at radius 2 is 1.93 bits per heavy atom. The molecule has 2 rings (SSSR count). The van der Waals surface area contributed by atoms with Crippen molar-refractivity contribution in [2.75, 3.05) is 46.5 Å². The van der Waals surface area contributed by atoms with Crippen LogP contribution in [0.1, 0.15) is 38.7 Å². The normalized spacial score (nSPS) is 16.9. The van der Waals surface area contributed by atoms with Gasteiger partial charge in [-0.25, -0.2) is 0 Å². The van der Waals surface area contributed by atoms with Gasteiger partial charge in [0.2, 0.25) is 0 Å². The molecule has 27 heavy (non-hydrogen) atoms. The summed E-state index contributed by atoms with van der Waals surface area (Å²) in [4.78, 5) is 2.30. The first kappa shape index (κ1) is 22.0. The van der Waals surface area contributed by atoms with Gasteiger partial charge in [0, 0.05) is 31.7 Å². The Hall–Kier alpha value is -1.34. The summed E-state index contributed by atoms with van der Waals surface area (Å²) in [7, 11) is 1.62. The van der Waals surface area contributed by atoms with Gasteiger partial charge in [-0.05, 0) is 43.6 Å². The molecule has 1 aromatic rings. The maximum absolute atomic E-state index is 10.3. The number of methoxy groups -OCH3 is 1. The van der Waals surface area contributed by atoms with Crippen molar-refractivity contribution in [2.45, 2.75) is 45.8 Å². The fourth-order valence-electron chi connectivity index (χ4n) is 3.22. The average Bonchev–Trinajstić information content (AvgIpc) is 2.67. The largest absolute Gasteiger partial charge is 0.493 e. The molecule has 1 heterocycles. The molecule has 154 valence electrons. The van der Waals surface area contributed by atoms with Crippen LogP contribution in [0.2, 0.25) is 0 Å². The minimum absolute atomic E-state index is 0.145. The van der Waals surface area contributed by atoms with Gasteiger partial charge in [0.05, 0.1) is 7.11 Å². The van der Waals surface area contributed by atoms with Crippen LogP contribution >= 0.6 is 0 Å². The van der Waals surface area contributed by atoms with E-state index in [9.17, 15) is 10.2 Å². The van der Waals surface area contributed by atoms with Crippen LogP contribution in [-0.4, -0.2) is 67.7 Å². The molecule has 0 radical (unpaired) electrons. The molecule has 6 nitrogen and oxygen atoms in total. The summed E-state index contributed by atoms with van der Waals surface area (Å²) >= 11 is 0. The fraction of sp³-hybridized carbons (Fsp3) is 0.714. The Morgan fingerprint density at radius 1 is 1.19 bits per heavy atom. The predicted octanol–water partition coefficient (Wildman–Crippen LogP) is 2.03. The van der Waals surface area contributed by atoms with Crippen molar-refractivity contribution in [1.29, 1.82) is 0 Å². The number of piperidine rings is 1. The van der Waals surface area contributed by atoms with Gasteiger partial charge >= 0.3 is 0 Å². The van der Waals surface area contributed by atoms with Crippen LogP contribution in [0.5, 0.6) is 11.5 Å². The van der Waals surface area contributed by atoms with Gasteiger partial charge < -0.3 is 29.9 Å². The number of hydrogen-bond donors (Lipinski definition) is 3. The molecule has 1 aliphatic heterocycles. The number of rotatable bonds is 11. The van der Waals surface area contributed by atoms with Gasteiger partial charge in [-0.1, -0.05) is 26.3 Å². The molecule has 0 bridgehead atoms. The van der Waals surface area contributed by atoms with Gasteiger partial charge in [-0.2, -0.15) is 0 Å². The molecule has 0 aromatic heterocycles. The Labute approximate surface area is 163 Å². The molecule has 1 aliphatic rings. The number of nitrogens with zero attached hydrogens (tertiary/aromatic N) is 1. The van der Waals surface area contributed by atoms with E-state index in [4.69, 9.17) is 9.47 Å². The number of benzene rings is 1. The Bertz CT molecular complexity index is 559. The molecule has 1 saturated heterocycles. The summed E-state index contributed by atoms with van der Waals surface area (Å²) in [6.45, 7) is 8.61. The van der Waals surface area contributed by atoms with Gasteiger partial charge in [0.25, 0.3) is 0 Å². The average molecular weight is 381 g/mol. The van der Waals surface area contributed by atoms with E-state index in [1.165, 1.54) is 19.3 Å². The lowest BCUT2D eigenvalue weighted by Gasteiger charge is -2.28. The number of hydrogen-bond acceptors (Lipinski definition) is 6. The first-order valence-corrected chi connectivity index (χ1v) is 9.95. The molecule has 0 saturated carbocycles. The monoisotopic (exact) mass is 380 g/mol. The topological polar surface area (TPSA) is 74.2 Å². The van der Waals surface area contributed by atoms with E-state index in [1.807, 2.05) is 32.0 Å². The van der Waals surface area contributed by atoms with Gasteiger partial charge in [0.1, 0.15) is 12.7 Å². The molecule has 1 atom stereocenters. The summed E-state index contributed by atoms with van der Waals surface area (Å²) < 4.78 is 11.3. The van der Waals surface area contributed by atoms with E-state index in [-0.39, 0.29) is 18.6 Å². The van der Waals surface area contributed by atoms with E-state index in [0.29, 0.717) is 24.6 Å². The Balaban J connectivity index is 1.86. The predicted molar refractivity (Wildman–Crippen MR) is 107 cm³/mol. The third-order valence-corrected chi connectivity index (χ3v) is 4.94. The summed E-state index contributed by atoms with van der Waals surface area (Å²) in [5.74, 6) is 1.32. The third kappa shape index (κ3) is 7.66. The first-order chi connectivity index (χ1) is 12.9. The lowest BCUT2D eigenvalue weighted by molar-refractivity contribution is 0.0608. The number of likely N-dealkylation sites (tertiary alicyclic amines) is 1. The number of aliphatic hydroxyl groups excluding tert-OH is 2. The highest BCUT2D eigenvalue weighted by atomic mass is 16.5. The third-order valence-electron chi connectivity index (χ3n) is 4.94. The van der Waals surface area contributed by atoms with E-state index < -0.39 is 6.10 Å². The highest BCUT2D eigenvalue weighted by Gasteiger charge is 2.17. The zero-order valence-electron chi connectivity index (χ0n) is 17.0. The standard InChI is InChI=1S/C21H36N2O4/c1-21(2,16-24)15-22-12-17-7-8-19(26-3)20(11-17)27-14-18(25)13-23-9-5-4-6-10-23/h7-8,11,18,22,24-25H,4-6,9-10,12-16H2,1-3H3. The summed E-state index contributed by atoms with van der Waals surface area (Å²) in [5.41, 5.74) is 0.926. The minimum Gasteiger partial charge on any atom is -0.493 e. The van der Waals surface area contributed by atoms with Crippen molar-refractivity contribution >= 4 is 0 Å². The second-order valence-electron chi connectivity index (χ2n) is 8.24. The van der Waals surface area contributed by atoms with Crippen molar-refractivity contribution < 1.29 is 19.7 Å². The summed E-state index contributed by atoms with van der Waals surface area (Å²) in [6, 6.07) is 5.83. The highest BCUT2D eigenvalue weighted by molar-refractivity contribution is 5.43. The first-order valence-electron chi connectivity index (χ1n) is 9.95. The van der Waals surface area contributed by atoms with Gasteiger partial charge in [-0.3, -0.25) is 0 Å². The quantitative estimate of drug-likeness (QED) is 0.546. The Morgan fingerprint density at radius 3 is 2.59 bits per heavy atom. The molecular weight excluding hydrogens is 344 g/mol. The summed E-state index contributed by atoms with van der Waals surface area (Å²) in [5, 5.41) is 23.0. The van der Waals surface area contributed by atoms with Crippen LogP contribution in [0, 0.1) is 5.41 Å². The fourth-order valence-corrected chi connectivity index (χ4v) is 3.22. The Kier molecular flexibility index (Phi) is 8.83. The van der Waals surface area contributed by atoms with Crippen LogP contribution in [0.4, 0.5) is 0 Å². The second-order valence-corrected chi connectivity index (χ2v) is 8.24. The minimum atomic E-state index is -0.514. The maximum atomic E-state index is 10.3. The van der Waals surface area contributed by atoms with Crippen LogP contribution in [0.3, 0.4) is 0 Å². The highest BCUT2D eigenvalue weighted by Crippen LogP contribution is 2.28. The lowest BCUT2D eigenvalue weighted by Crippen LogP contribution is -2.38. The van der Waals surface area contributed by atoms with Crippen LogP contribution in [0.15, 0.2) is 18.2 Å². The molecule has 1 aromatic carbocycles. The molecule has 0 aliphatic carbocycles. The van der Waals surface area contributed by atoms with Gasteiger partial charge in [0.15, 0.2) is 11.5 Å². The van der Waals surface area contributed by atoms with Crippen LogP contribution in [-0.2, 0) is 6.54 Å². The van der Waals surface area contributed by atoms with Crippen molar-refractivity contribution in [3.63, 3.8) is 0 Å². The lowest BCUT2D eigenvalue weighted by atomic mass is 9.95. The molecule has 3 N–H and O–H groups in total. The number of aliphatic hydroxyl groups is 2. The number of nitrogens with one attached hydrogen (secondary N) is 1. The van der Waals surface area contributed by atoms with Crippen LogP contribution < -0.4 is 14.8 Å². The smallest absolute Gasteiger partial charge is 0.161 e. The zero-order valence-corrected chi connectivity index (χ0v) is 17.0. The molecule has 6 heteroatoms. The molecule has 1 fully saturated rings. The number of ether oxygens (including phenoxy) is 2. The SMILES string of the molecule is COc1ccc(CNCC(C)(C)CO)cc1OCC(O)CN1CCCCC1. The van der Waals surface area contributed by atoms with Crippen molar-refractivity contribution in [1.82, 2.24) is 10.2 Å². The van der Waals surface area contributed by atoms with Crippen LogP contribution in [0.25, 0.3) is 0 Å². The molecular formula is C21H36N2O4. The van der Waals surface area contributed by atoms with E-state index >= 15 is 0 Å². The molecule has 0 spiro atoms. The van der Waals surface area contributed by atoms with Crippen molar-refractivity contribution in [3.8, 4) is 11.5 Å². The van der Waals surface area contributed by atoms with E-state index in [1.54, 1.807) is 7.11 Å². The van der Waals surface area contributed by atoms with Gasteiger partial charge in [-0.15, -0.1) is 0 Å². The second kappa shape index (κ2) is 10.9.